The molecule has 0 spiro atoms. The molecule has 2 aromatic carbocycles. The summed E-state index contributed by atoms with van der Waals surface area (Å²) in [4.78, 5) is 24.5. The largest absolute Gasteiger partial charge is 0.481 e. The third-order valence-corrected chi connectivity index (χ3v) is 4.59. The summed E-state index contributed by atoms with van der Waals surface area (Å²) in [7, 11) is 0. The van der Waals surface area contributed by atoms with Crippen molar-refractivity contribution < 1.29 is 19.1 Å². The van der Waals surface area contributed by atoms with Gasteiger partial charge >= 0.3 is 5.97 Å². The molecule has 0 radical (unpaired) electrons. The lowest BCUT2D eigenvalue weighted by molar-refractivity contribution is -0.147. The molecule has 0 aliphatic heterocycles. The first kappa shape index (κ1) is 21.5. The van der Waals surface area contributed by atoms with Gasteiger partial charge in [0.15, 0.2) is 12.4 Å². The van der Waals surface area contributed by atoms with E-state index < -0.39 is 17.9 Å². The summed E-state index contributed by atoms with van der Waals surface area (Å²) >= 11 is 15.3. The Hall–Kier alpha value is -1.76. The number of benzene rings is 2. The number of halogens is 3. The van der Waals surface area contributed by atoms with Crippen molar-refractivity contribution >= 4 is 51.0 Å². The van der Waals surface area contributed by atoms with Gasteiger partial charge in [0.2, 0.25) is 0 Å². The second kappa shape index (κ2) is 10.5. The first-order valence-corrected chi connectivity index (χ1v) is 9.72. The number of esters is 1. The van der Waals surface area contributed by atoms with Crippen LogP contribution in [0.3, 0.4) is 0 Å². The lowest BCUT2D eigenvalue weighted by Gasteiger charge is -2.18. The zero-order valence-corrected chi connectivity index (χ0v) is 17.6. The molecule has 1 unspecified atom stereocenters. The summed E-state index contributed by atoms with van der Waals surface area (Å²) in [5.41, 5.74) is 0.903. The average molecular weight is 475 g/mol. The molecule has 0 heterocycles. The number of hydrogen-bond acceptors (Lipinski definition) is 4. The fourth-order valence-electron chi connectivity index (χ4n) is 2.33. The van der Waals surface area contributed by atoms with Crippen LogP contribution in [-0.2, 0) is 20.7 Å². The van der Waals surface area contributed by atoms with Crippen molar-refractivity contribution in [2.75, 3.05) is 13.2 Å². The third kappa shape index (κ3) is 6.72. The summed E-state index contributed by atoms with van der Waals surface area (Å²) in [6, 6.07) is 11.7. The standard InChI is InChI=1S/C19H18BrCl2NO4/c1-2-26-19(25)16(8-12-6-4-3-5-7-12)23-17(24)11-27-18-14(20)9-13(21)10-15(18)22/h3-7,9-10,16H,2,8,11H2,1H3,(H,23,24). The number of carbonyl (C=O) groups is 2. The van der Waals surface area contributed by atoms with Crippen LogP contribution in [0.1, 0.15) is 12.5 Å². The minimum atomic E-state index is -0.812. The second-order valence-electron chi connectivity index (χ2n) is 5.55. The van der Waals surface area contributed by atoms with Crippen molar-refractivity contribution in [1.29, 1.82) is 0 Å². The molecule has 1 atom stereocenters. The Morgan fingerprint density at radius 3 is 2.52 bits per heavy atom. The topological polar surface area (TPSA) is 64.6 Å². The summed E-state index contributed by atoms with van der Waals surface area (Å²) in [6.45, 7) is 1.62. The van der Waals surface area contributed by atoms with Crippen molar-refractivity contribution in [2.24, 2.45) is 0 Å². The van der Waals surface area contributed by atoms with Gasteiger partial charge in [0.1, 0.15) is 6.04 Å². The van der Waals surface area contributed by atoms with Gasteiger partial charge in [0, 0.05) is 11.4 Å². The zero-order chi connectivity index (χ0) is 19.8. The Bertz CT molecular complexity index is 779. The normalized spacial score (nSPS) is 11.6. The van der Waals surface area contributed by atoms with Crippen LogP contribution >= 0.6 is 39.1 Å². The van der Waals surface area contributed by atoms with Gasteiger partial charge in [-0.05, 0) is 40.5 Å². The minimum absolute atomic E-state index is 0.226. The molecule has 2 rings (SSSR count). The maximum atomic E-state index is 12.3. The van der Waals surface area contributed by atoms with Crippen molar-refractivity contribution in [3.63, 3.8) is 0 Å². The van der Waals surface area contributed by atoms with E-state index in [2.05, 4.69) is 21.2 Å². The van der Waals surface area contributed by atoms with E-state index in [1.165, 1.54) is 6.07 Å². The maximum absolute atomic E-state index is 12.3. The van der Waals surface area contributed by atoms with E-state index in [1.807, 2.05) is 30.3 Å². The van der Waals surface area contributed by atoms with Crippen molar-refractivity contribution in [1.82, 2.24) is 5.32 Å². The van der Waals surface area contributed by atoms with Gasteiger partial charge in [0.25, 0.3) is 5.91 Å². The predicted octanol–water partition coefficient (Wildman–Crippen LogP) is 4.43. The second-order valence-corrected chi connectivity index (χ2v) is 7.25. The molecule has 0 saturated carbocycles. The van der Waals surface area contributed by atoms with Crippen LogP contribution in [0, 0.1) is 0 Å². The van der Waals surface area contributed by atoms with E-state index in [0.29, 0.717) is 21.7 Å². The van der Waals surface area contributed by atoms with Crippen LogP contribution in [0.4, 0.5) is 0 Å². The third-order valence-electron chi connectivity index (χ3n) is 3.50. The summed E-state index contributed by atoms with van der Waals surface area (Å²) in [5, 5.41) is 3.36. The van der Waals surface area contributed by atoms with Crippen LogP contribution in [0.15, 0.2) is 46.9 Å². The molecule has 1 amide bonds. The molecule has 0 saturated heterocycles. The van der Waals surface area contributed by atoms with Crippen molar-refractivity contribution in [2.45, 2.75) is 19.4 Å². The number of carbonyl (C=O) groups excluding carboxylic acids is 2. The monoisotopic (exact) mass is 473 g/mol. The summed E-state index contributed by atoms with van der Waals surface area (Å²) in [6.07, 6.45) is 0.316. The Morgan fingerprint density at radius 2 is 1.89 bits per heavy atom. The highest BCUT2D eigenvalue weighted by atomic mass is 79.9. The van der Waals surface area contributed by atoms with Crippen LogP contribution in [0.5, 0.6) is 5.75 Å². The van der Waals surface area contributed by atoms with E-state index in [9.17, 15) is 9.59 Å². The van der Waals surface area contributed by atoms with E-state index in [4.69, 9.17) is 32.7 Å². The zero-order valence-electron chi connectivity index (χ0n) is 14.5. The summed E-state index contributed by atoms with van der Waals surface area (Å²) < 4.78 is 11.1. The van der Waals surface area contributed by atoms with Gasteiger partial charge in [-0.15, -0.1) is 0 Å². The van der Waals surface area contributed by atoms with Crippen LogP contribution < -0.4 is 10.1 Å². The SMILES string of the molecule is CCOC(=O)C(Cc1ccccc1)NC(=O)COc1c(Cl)cc(Cl)cc1Br. The molecule has 0 aromatic heterocycles. The van der Waals surface area contributed by atoms with Gasteiger partial charge in [-0.25, -0.2) is 4.79 Å². The smallest absolute Gasteiger partial charge is 0.328 e. The van der Waals surface area contributed by atoms with Crippen LogP contribution in [0.25, 0.3) is 0 Å². The first-order valence-electron chi connectivity index (χ1n) is 8.18. The molecule has 2 aromatic rings. The molecule has 0 aliphatic carbocycles. The number of rotatable bonds is 8. The average Bonchev–Trinajstić information content (AvgIpc) is 2.61. The number of ether oxygens (including phenoxy) is 2. The highest BCUT2D eigenvalue weighted by Gasteiger charge is 2.23. The molecule has 0 aliphatic rings. The summed E-state index contributed by atoms with van der Waals surface area (Å²) in [5.74, 6) is -0.672. The number of nitrogens with one attached hydrogen (secondary N) is 1. The molecule has 0 bridgehead atoms. The lowest BCUT2D eigenvalue weighted by Crippen LogP contribution is -2.45. The van der Waals surface area contributed by atoms with Gasteiger partial charge in [-0.1, -0.05) is 53.5 Å². The van der Waals surface area contributed by atoms with Crippen LogP contribution in [-0.4, -0.2) is 31.1 Å². The van der Waals surface area contributed by atoms with E-state index >= 15 is 0 Å². The molecule has 5 nitrogen and oxygen atoms in total. The molecule has 144 valence electrons. The van der Waals surface area contributed by atoms with Gasteiger partial charge in [-0.3, -0.25) is 4.79 Å². The highest BCUT2D eigenvalue weighted by molar-refractivity contribution is 9.10. The Kier molecular flexibility index (Phi) is 8.41. The molecule has 1 N–H and O–H groups in total. The molecule has 27 heavy (non-hydrogen) atoms. The predicted molar refractivity (Wildman–Crippen MR) is 108 cm³/mol. The number of hydrogen-bond donors (Lipinski definition) is 1. The van der Waals surface area contributed by atoms with Crippen molar-refractivity contribution in [3.8, 4) is 5.75 Å². The Balaban J connectivity index is 2.01. The van der Waals surface area contributed by atoms with E-state index in [1.54, 1.807) is 13.0 Å². The van der Waals surface area contributed by atoms with Gasteiger partial charge < -0.3 is 14.8 Å². The van der Waals surface area contributed by atoms with E-state index in [0.717, 1.165) is 5.56 Å². The highest BCUT2D eigenvalue weighted by Crippen LogP contribution is 2.35. The fraction of sp³-hybridized carbons (Fsp3) is 0.263. The molecule has 8 heteroatoms. The maximum Gasteiger partial charge on any atom is 0.328 e. The fourth-order valence-corrected chi connectivity index (χ4v) is 3.70. The Labute approximate surface area is 176 Å². The van der Waals surface area contributed by atoms with Gasteiger partial charge in [-0.2, -0.15) is 0 Å². The quantitative estimate of drug-likeness (QED) is 0.575. The number of amides is 1. The lowest BCUT2D eigenvalue weighted by atomic mass is 10.1. The molecular formula is C19H18BrCl2NO4. The van der Waals surface area contributed by atoms with Gasteiger partial charge in [0.05, 0.1) is 16.1 Å². The first-order chi connectivity index (χ1) is 12.9. The van der Waals surface area contributed by atoms with Crippen molar-refractivity contribution in [3.05, 3.63) is 62.5 Å². The molecule has 0 fully saturated rings. The van der Waals surface area contributed by atoms with Crippen LogP contribution in [0.2, 0.25) is 10.0 Å². The Morgan fingerprint density at radius 1 is 1.19 bits per heavy atom. The minimum Gasteiger partial charge on any atom is -0.481 e. The molecular weight excluding hydrogens is 457 g/mol. The van der Waals surface area contributed by atoms with E-state index in [-0.39, 0.29) is 18.2 Å².